The van der Waals surface area contributed by atoms with Crippen molar-refractivity contribution < 1.29 is 47.2 Å². The molecule has 0 rings (SSSR count). The fraction of sp³-hybridized carbons (Fsp3) is 0. The zero-order chi connectivity index (χ0) is 15.9. The number of isocyanates is 2. The molecule has 3 N–H and O–H groups in total. The Hall–Kier alpha value is -1.55. The van der Waals surface area contributed by atoms with Gasteiger partial charge >= 0.3 is 19.9 Å². The van der Waals surface area contributed by atoms with Crippen LogP contribution in [0.4, 0.5) is 8.39 Å². The van der Waals surface area contributed by atoms with Crippen LogP contribution in [0.15, 0.2) is 8.80 Å². The molecule has 108 valence electrons. The average Bonchev–Trinajstić information content (AvgIpc) is 2.23. The number of carboxylic acid groups (broad SMARTS) is 2. The van der Waals surface area contributed by atoms with Crippen molar-refractivity contribution in [1.82, 2.24) is 0 Å². The van der Waals surface area contributed by atoms with E-state index in [1.807, 2.05) is 0 Å². The third-order valence-corrected chi connectivity index (χ3v) is 1.38. The third kappa shape index (κ3) is 61.9. The molecule has 0 saturated carbocycles. The van der Waals surface area contributed by atoms with Crippen molar-refractivity contribution in [3.63, 3.8) is 0 Å². The SMILES string of the molecule is O=C(O)C(=O)O.O=C=NSSN=C=O.O=P(O)(F)F. The summed E-state index contributed by atoms with van der Waals surface area (Å²) in [5.74, 6) is -3.65. The quantitative estimate of drug-likeness (QED) is 0.128. The summed E-state index contributed by atoms with van der Waals surface area (Å²) >= 11 is 0. The maximum atomic E-state index is 10.1. The first-order chi connectivity index (χ1) is 8.56. The first kappa shape index (κ1) is 22.6. The van der Waals surface area contributed by atoms with E-state index in [-0.39, 0.29) is 0 Å². The molecule has 0 bridgehead atoms. The van der Waals surface area contributed by atoms with Crippen molar-refractivity contribution in [2.45, 2.75) is 0 Å². The van der Waals surface area contributed by atoms with Crippen molar-refractivity contribution in [2.75, 3.05) is 0 Å². The Labute approximate surface area is 111 Å². The highest BCUT2D eigenvalue weighted by atomic mass is 33.1. The molecule has 0 amide bonds. The normalized spacial score (nSPS) is 8.16. The van der Waals surface area contributed by atoms with E-state index in [0.29, 0.717) is 0 Å². The minimum absolute atomic E-state index is 0.767. The second-order valence-electron chi connectivity index (χ2n) is 1.56. The molecule has 0 saturated heterocycles. The number of hydrogen-bond donors (Lipinski definition) is 3. The summed E-state index contributed by atoms with van der Waals surface area (Å²) in [6, 6.07) is 0. The Bertz CT molecular complexity index is 390. The predicted octanol–water partition coefficient (Wildman–Crippen LogP) is 1.05. The molecule has 15 heteroatoms. The van der Waals surface area contributed by atoms with E-state index in [4.69, 9.17) is 29.3 Å². The molecule has 0 radical (unpaired) electrons. The van der Waals surface area contributed by atoms with Crippen LogP contribution >= 0.6 is 30.0 Å². The Balaban J connectivity index is -0.000000209. The number of aliphatic carboxylic acids is 2. The first-order valence-corrected chi connectivity index (χ1v) is 6.72. The van der Waals surface area contributed by atoms with E-state index < -0.39 is 19.9 Å². The molecule has 0 spiro atoms. The molecule has 0 aliphatic heterocycles. The number of carbonyl (C=O) groups is 2. The molecule has 0 aromatic rings. The van der Waals surface area contributed by atoms with Crippen LogP contribution in [-0.4, -0.2) is 39.2 Å². The van der Waals surface area contributed by atoms with Gasteiger partial charge in [0.15, 0.2) is 0 Å². The van der Waals surface area contributed by atoms with Gasteiger partial charge in [0.2, 0.25) is 12.2 Å². The second-order valence-corrected chi connectivity index (χ2v) is 3.99. The van der Waals surface area contributed by atoms with Crippen LogP contribution in [0.3, 0.4) is 0 Å². The highest BCUT2D eigenvalue weighted by molar-refractivity contribution is 8.75. The van der Waals surface area contributed by atoms with Gasteiger partial charge in [-0.3, -0.25) is 4.89 Å². The van der Waals surface area contributed by atoms with Crippen LogP contribution in [0.25, 0.3) is 0 Å². The van der Waals surface area contributed by atoms with Crippen LogP contribution in [-0.2, 0) is 23.7 Å². The fourth-order valence-corrected chi connectivity index (χ4v) is 0.574. The van der Waals surface area contributed by atoms with Crippen molar-refractivity contribution in [3.8, 4) is 0 Å². The third-order valence-electron chi connectivity index (χ3n) is 0.365. The summed E-state index contributed by atoms with van der Waals surface area (Å²) in [6.45, 7) is 0. The molecule has 0 heterocycles. The summed E-state index contributed by atoms with van der Waals surface area (Å²) < 4.78 is 34.7. The molecule has 0 aliphatic carbocycles. The molecule has 0 unspecified atom stereocenters. The summed E-state index contributed by atoms with van der Waals surface area (Å²) in [6.07, 6.45) is 2.51. The minimum Gasteiger partial charge on any atom is -0.473 e. The van der Waals surface area contributed by atoms with Crippen LogP contribution in [0.1, 0.15) is 0 Å². The van der Waals surface area contributed by atoms with Gasteiger partial charge < -0.3 is 10.2 Å². The monoisotopic (exact) mass is 340 g/mol. The maximum absolute atomic E-state index is 10.1. The van der Waals surface area contributed by atoms with Gasteiger partial charge in [-0.2, -0.15) is 0 Å². The predicted molar refractivity (Wildman–Crippen MR) is 58.7 cm³/mol. The molecule has 0 fully saturated rings. The number of nitrogens with zero attached hydrogens (tertiary/aromatic N) is 2. The molecular weight excluding hydrogens is 337 g/mol. The van der Waals surface area contributed by atoms with E-state index in [2.05, 4.69) is 8.80 Å². The van der Waals surface area contributed by atoms with Gasteiger partial charge in [0.1, 0.15) is 0 Å². The lowest BCUT2D eigenvalue weighted by atomic mass is 10.7. The van der Waals surface area contributed by atoms with E-state index in [1.54, 1.807) is 0 Å². The zero-order valence-corrected chi connectivity index (χ0v) is 10.8. The number of rotatable bonds is 3. The molecule has 0 atom stereocenters. The Kier molecular flexibility index (Phi) is 17.3. The second kappa shape index (κ2) is 14.5. The Morgan fingerprint density at radius 1 is 1.00 bits per heavy atom. The Morgan fingerprint density at radius 3 is 1.32 bits per heavy atom. The van der Waals surface area contributed by atoms with Crippen LogP contribution < -0.4 is 0 Å². The smallest absolute Gasteiger partial charge is 0.473 e. The van der Waals surface area contributed by atoms with Gasteiger partial charge in [0, 0.05) is 0 Å². The lowest BCUT2D eigenvalue weighted by molar-refractivity contribution is -0.159. The van der Waals surface area contributed by atoms with Crippen LogP contribution in [0, 0.1) is 0 Å². The van der Waals surface area contributed by atoms with Crippen molar-refractivity contribution in [2.24, 2.45) is 8.80 Å². The molecule has 0 aromatic carbocycles. The van der Waals surface area contributed by atoms with Crippen molar-refractivity contribution >= 4 is 54.0 Å². The average molecular weight is 340 g/mol. The summed E-state index contributed by atoms with van der Waals surface area (Å²) in [4.78, 5) is 43.5. The highest BCUT2D eigenvalue weighted by Gasteiger charge is 2.09. The van der Waals surface area contributed by atoms with Gasteiger partial charge in [-0.05, 0) is 0 Å². The zero-order valence-electron chi connectivity index (χ0n) is 8.30. The largest absolute Gasteiger partial charge is 0.549 e. The van der Waals surface area contributed by atoms with Gasteiger partial charge in [0.25, 0.3) is 0 Å². The first-order valence-electron chi connectivity index (χ1n) is 3.21. The maximum Gasteiger partial charge on any atom is 0.549 e. The lowest BCUT2D eigenvalue weighted by Gasteiger charge is -1.73. The van der Waals surface area contributed by atoms with Gasteiger partial charge in [-0.1, -0.05) is 0 Å². The summed E-state index contributed by atoms with van der Waals surface area (Å²) in [5.41, 5.74) is 0. The number of carboxylic acids is 2. The molecule has 0 aromatic heterocycles. The number of carbonyl (C=O) groups excluding carboxylic acids is 2. The lowest BCUT2D eigenvalue weighted by Crippen LogP contribution is -2.09. The fourth-order valence-electron chi connectivity index (χ4n) is 0.0638. The van der Waals surface area contributed by atoms with Crippen LogP contribution in [0.2, 0.25) is 0 Å². The van der Waals surface area contributed by atoms with Gasteiger partial charge in [-0.25, -0.2) is 23.7 Å². The molecule has 0 aliphatic rings. The van der Waals surface area contributed by atoms with E-state index >= 15 is 0 Å². The van der Waals surface area contributed by atoms with Crippen molar-refractivity contribution in [1.29, 1.82) is 0 Å². The minimum atomic E-state index is -5.64. The van der Waals surface area contributed by atoms with E-state index in [9.17, 15) is 18.0 Å². The van der Waals surface area contributed by atoms with E-state index in [1.165, 1.54) is 12.2 Å². The molecule has 10 nitrogen and oxygen atoms in total. The van der Waals surface area contributed by atoms with Crippen molar-refractivity contribution in [3.05, 3.63) is 0 Å². The topological polar surface area (TPSA) is 171 Å². The highest BCUT2D eigenvalue weighted by Crippen LogP contribution is 2.43. The molecular formula is C4H3F2N2O8PS2. The summed E-state index contributed by atoms with van der Waals surface area (Å²) in [5, 5.41) is 14.8. The number of hydrogen-bond acceptors (Lipinski definition) is 9. The number of halogens is 2. The Morgan fingerprint density at radius 2 is 1.21 bits per heavy atom. The van der Waals surface area contributed by atoms with Gasteiger partial charge in [-0.15, -0.1) is 17.2 Å². The van der Waals surface area contributed by atoms with Gasteiger partial charge in [0.05, 0.1) is 22.0 Å². The van der Waals surface area contributed by atoms with Crippen LogP contribution in [0.5, 0.6) is 0 Å². The summed E-state index contributed by atoms with van der Waals surface area (Å²) in [7, 11) is -4.11. The standard InChI is InChI=1S/C2N2O2S2.C2H2O4.F2HO2P/c5-1-3-7-8-4-2-6;3-1(4)2(5)6;1-5(2,3)4/h;(H,3,4)(H,5,6);(H,3,4). The van der Waals surface area contributed by atoms with E-state index in [0.717, 1.165) is 22.0 Å². The molecule has 19 heavy (non-hydrogen) atoms.